The topological polar surface area (TPSA) is 59.4 Å². The molecule has 2 rings (SSSR count). The third-order valence-corrected chi connectivity index (χ3v) is 2.35. The van der Waals surface area contributed by atoms with E-state index in [1.165, 1.54) is 0 Å². The van der Waals surface area contributed by atoms with Gasteiger partial charge in [0, 0.05) is 18.3 Å². The lowest BCUT2D eigenvalue weighted by atomic mass is 10.2. The zero-order chi connectivity index (χ0) is 10.8. The van der Waals surface area contributed by atoms with E-state index in [-0.39, 0.29) is 6.04 Å². The SMILES string of the molecule is CC(C)c1n[nH]c(C(C)n2cccn2)n1. The quantitative estimate of drug-likeness (QED) is 0.830. The summed E-state index contributed by atoms with van der Waals surface area (Å²) in [6, 6.07) is 2.00. The fourth-order valence-electron chi connectivity index (χ4n) is 1.37. The van der Waals surface area contributed by atoms with Gasteiger partial charge in [-0.1, -0.05) is 13.8 Å². The number of hydrogen-bond donors (Lipinski definition) is 1. The number of hydrogen-bond acceptors (Lipinski definition) is 3. The largest absolute Gasteiger partial charge is 0.262 e. The Kier molecular flexibility index (Phi) is 2.53. The van der Waals surface area contributed by atoms with Gasteiger partial charge in [0.25, 0.3) is 0 Å². The maximum Gasteiger partial charge on any atom is 0.153 e. The van der Waals surface area contributed by atoms with E-state index in [1.54, 1.807) is 6.20 Å². The lowest BCUT2D eigenvalue weighted by Gasteiger charge is -2.07. The third kappa shape index (κ3) is 1.91. The van der Waals surface area contributed by atoms with Gasteiger partial charge in [0.2, 0.25) is 0 Å². The van der Waals surface area contributed by atoms with Crippen molar-refractivity contribution in [1.29, 1.82) is 0 Å². The van der Waals surface area contributed by atoms with Crippen molar-refractivity contribution in [2.75, 3.05) is 0 Å². The second-order valence-corrected chi connectivity index (χ2v) is 3.90. The zero-order valence-electron chi connectivity index (χ0n) is 9.18. The summed E-state index contributed by atoms with van der Waals surface area (Å²) >= 11 is 0. The smallest absolute Gasteiger partial charge is 0.153 e. The summed E-state index contributed by atoms with van der Waals surface area (Å²) in [7, 11) is 0. The van der Waals surface area contributed by atoms with Crippen molar-refractivity contribution in [3.05, 3.63) is 30.1 Å². The summed E-state index contributed by atoms with van der Waals surface area (Å²) in [5.74, 6) is 2.05. The second-order valence-electron chi connectivity index (χ2n) is 3.90. The molecule has 0 spiro atoms. The van der Waals surface area contributed by atoms with Crippen LogP contribution in [0.25, 0.3) is 0 Å². The molecule has 0 amide bonds. The highest BCUT2D eigenvalue weighted by Gasteiger charge is 2.14. The molecule has 0 saturated heterocycles. The van der Waals surface area contributed by atoms with E-state index in [0.29, 0.717) is 5.92 Å². The first kappa shape index (κ1) is 9.89. The van der Waals surface area contributed by atoms with Crippen LogP contribution in [0.4, 0.5) is 0 Å². The van der Waals surface area contributed by atoms with Gasteiger partial charge in [-0.05, 0) is 13.0 Å². The van der Waals surface area contributed by atoms with Crippen LogP contribution in [0.3, 0.4) is 0 Å². The van der Waals surface area contributed by atoms with Crippen LogP contribution in [0.2, 0.25) is 0 Å². The minimum atomic E-state index is 0.0972. The van der Waals surface area contributed by atoms with E-state index >= 15 is 0 Å². The summed E-state index contributed by atoms with van der Waals surface area (Å²) in [5.41, 5.74) is 0. The number of nitrogens with zero attached hydrogens (tertiary/aromatic N) is 4. The minimum Gasteiger partial charge on any atom is -0.262 e. The average Bonchev–Trinajstić information content (AvgIpc) is 2.88. The van der Waals surface area contributed by atoms with Crippen molar-refractivity contribution in [2.45, 2.75) is 32.7 Å². The Morgan fingerprint density at radius 3 is 2.67 bits per heavy atom. The summed E-state index contributed by atoms with van der Waals surface area (Å²) in [6.07, 6.45) is 3.68. The lowest BCUT2D eigenvalue weighted by Crippen LogP contribution is -2.08. The van der Waals surface area contributed by atoms with Gasteiger partial charge in [-0.3, -0.25) is 9.78 Å². The number of aromatic amines is 1. The molecule has 5 nitrogen and oxygen atoms in total. The van der Waals surface area contributed by atoms with E-state index in [9.17, 15) is 0 Å². The normalized spacial score (nSPS) is 13.3. The molecule has 0 bridgehead atoms. The molecule has 0 aliphatic rings. The number of rotatable bonds is 3. The monoisotopic (exact) mass is 205 g/mol. The van der Waals surface area contributed by atoms with Crippen molar-refractivity contribution in [3.63, 3.8) is 0 Å². The van der Waals surface area contributed by atoms with Crippen molar-refractivity contribution in [3.8, 4) is 0 Å². The standard InChI is InChI=1S/C10H15N5/c1-7(2)9-12-10(14-13-9)8(3)15-6-4-5-11-15/h4-8H,1-3H3,(H,12,13,14). The fourth-order valence-corrected chi connectivity index (χ4v) is 1.37. The van der Waals surface area contributed by atoms with Crippen LogP contribution >= 0.6 is 0 Å². The molecule has 2 aromatic heterocycles. The summed E-state index contributed by atoms with van der Waals surface area (Å²) in [4.78, 5) is 4.44. The molecule has 0 aliphatic carbocycles. The van der Waals surface area contributed by atoms with Gasteiger partial charge in [0.05, 0.1) is 0 Å². The Morgan fingerprint density at radius 2 is 2.13 bits per heavy atom. The molecule has 2 heterocycles. The third-order valence-electron chi connectivity index (χ3n) is 2.35. The molecular formula is C10H15N5. The lowest BCUT2D eigenvalue weighted by molar-refractivity contribution is 0.537. The summed E-state index contributed by atoms with van der Waals surface area (Å²) in [5, 5.41) is 11.3. The molecule has 80 valence electrons. The maximum absolute atomic E-state index is 4.44. The molecule has 0 radical (unpaired) electrons. The first-order valence-electron chi connectivity index (χ1n) is 5.10. The highest BCUT2D eigenvalue weighted by Crippen LogP contribution is 2.15. The first-order chi connectivity index (χ1) is 7.18. The van der Waals surface area contributed by atoms with Gasteiger partial charge in [0.15, 0.2) is 5.82 Å². The van der Waals surface area contributed by atoms with Crippen LogP contribution in [0.5, 0.6) is 0 Å². The van der Waals surface area contributed by atoms with Crippen molar-refractivity contribution in [1.82, 2.24) is 25.0 Å². The Labute approximate surface area is 88.5 Å². The average molecular weight is 205 g/mol. The van der Waals surface area contributed by atoms with Crippen molar-refractivity contribution < 1.29 is 0 Å². The van der Waals surface area contributed by atoms with E-state index < -0.39 is 0 Å². The van der Waals surface area contributed by atoms with Crippen LogP contribution in [-0.2, 0) is 0 Å². The summed E-state index contributed by atoms with van der Waals surface area (Å²) < 4.78 is 1.85. The molecule has 0 aromatic carbocycles. The van der Waals surface area contributed by atoms with Crippen LogP contribution in [0.15, 0.2) is 18.5 Å². The molecule has 0 saturated carbocycles. The van der Waals surface area contributed by atoms with Crippen LogP contribution in [0.1, 0.15) is 44.4 Å². The molecule has 5 heteroatoms. The van der Waals surface area contributed by atoms with Crippen LogP contribution in [-0.4, -0.2) is 25.0 Å². The summed E-state index contributed by atoms with van der Waals surface area (Å²) in [6.45, 7) is 6.19. The molecule has 1 atom stereocenters. The first-order valence-corrected chi connectivity index (χ1v) is 5.10. The van der Waals surface area contributed by atoms with Gasteiger partial charge in [-0.2, -0.15) is 10.2 Å². The van der Waals surface area contributed by atoms with E-state index in [2.05, 4.69) is 34.1 Å². The molecule has 1 unspecified atom stereocenters. The Bertz CT molecular complexity index is 415. The molecule has 15 heavy (non-hydrogen) atoms. The van der Waals surface area contributed by atoms with E-state index in [4.69, 9.17) is 0 Å². The molecule has 0 aliphatic heterocycles. The minimum absolute atomic E-state index is 0.0972. The molecule has 2 aromatic rings. The van der Waals surface area contributed by atoms with Gasteiger partial charge < -0.3 is 0 Å². The van der Waals surface area contributed by atoms with Crippen LogP contribution in [0, 0.1) is 0 Å². The second kappa shape index (κ2) is 3.84. The van der Waals surface area contributed by atoms with Crippen molar-refractivity contribution >= 4 is 0 Å². The highest BCUT2D eigenvalue weighted by molar-refractivity contribution is 5.00. The Morgan fingerprint density at radius 1 is 1.33 bits per heavy atom. The molecular weight excluding hydrogens is 190 g/mol. The van der Waals surface area contributed by atoms with Crippen molar-refractivity contribution in [2.24, 2.45) is 0 Å². The Hall–Kier alpha value is -1.65. The van der Waals surface area contributed by atoms with E-state index in [0.717, 1.165) is 11.6 Å². The van der Waals surface area contributed by atoms with Gasteiger partial charge in [0.1, 0.15) is 11.9 Å². The predicted octanol–water partition coefficient (Wildman–Crippen LogP) is 1.73. The fraction of sp³-hybridized carbons (Fsp3) is 0.500. The number of nitrogens with one attached hydrogen (secondary N) is 1. The van der Waals surface area contributed by atoms with Gasteiger partial charge in [-0.15, -0.1) is 0 Å². The molecule has 0 fully saturated rings. The Balaban J connectivity index is 2.23. The van der Waals surface area contributed by atoms with E-state index in [1.807, 2.05) is 23.9 Å². The van der Waals surface area contributed by atoms with Gasteiger partial charge in [-0.25, -0.2) is 4.98 Å². The number of H-pyrrole nitrogens is 1. The zero-order valence-corrected chi connectivity index (χ0v) is 9.18. The molecule has 1 N–H and O–H groups in total. The van der Waals surface area contributed by atoms with Gasteiger partial charge >= 0.3 is 0 Å². The maximum atomic E-state index is 4.44. The van der Waals surface area contributed by atoms with Crippen LogP contribution < -0.4 is 0 Å². The number of aromatic nitrogens is 5. The predicted molar refractivity (Wildman–Crippen MR) is 56.5 cm³/mol. The highest BCUT2D eigenvalue weighted by atomic mass is 15.3.